The maximum Gasteiger partial charge on any atom is 0.325 e. The quantitative estimate of drug-likeness (QED) is 0.422. The van der Waals surface area contributed by atoms with Crippen molar-refractivity contribution >= 4 is 19.3 Å². The number of aliphatic hydroxyl groups is 1. The van der Waals surface area contributed by atoms with Crippen LogP contribution < -0.4 is 11.5 Å². The molecule has 0 bridgehead atoms. The van der Waals surface area contributed by atoms with Crippen molar-refractivity contribution in [2.75, 3.05) is 11.9 Å². The lowest BCUT2D eigenvalue weighted by Gasteiger charge is -2.15. The molecular weight excluding hydrogens is 301 g/mol. The number of nitrogens with two attached hydrogens (primary N) is 2. The van der Waals surface area contributed by atoms with Gasteiger partial charge >= 0.3 is 7.60 Å². The first-order valence-corrected chi connectivity index (χ1v) is 8.22. The number of aromatic nitrogens is 3. The summed E-state index contributed by atoms with van der Waals surface area (Å²) in [5.74, 6) is -0.871. The molecule has 1 aliphatic rings. The number of anilines is 1. The van der Waals surface area contributed by atoms with Crippen molar-refractivity contribution in [2.45, 2.75) is 31.4 Å². The van der Waals surface area contributed by atoms with Gasteiger partial charge in [-0.3, -0.25) is 9.36 Å². The van der Waals surface area contributed by atoms with Crippen LogP contribution in [0.5, 0.6) is 0 Å². The van der Waals surface area contributed by atoms with E-state index in [0.29, 0.717) is 19.3 Å². The third kappa shape index (κ3) is 3.59. The Hall–Kier alpha value is -1.48. The summed E-state index contributed by atoms with van der Waals surface area (Å²) in [6.45, 7) is 0. The number of nitrogens with zero attached hydrogens (tertiary/aromatic N) is 3. The molecule has 3 unspecified atom stereocenters. The molecule has 0 saturated heterocycles. The van der Waals surface area contributed by atoms with E-state index < -0.39 is 25.6 Å². The molecule has 1 aliphatic carbocycles. The molecule has 1 saturated carbocycles. The smallest absolute Gasteiger partial charge is 0.325 e. The number of primary amides is 1. The molecule has 1 heterocycles. The lowest BCUT2D eigenvalue weighted by Crippen LogP contribution is -2.22. The lowest BCUT2D eigenvalue weighted by atomic mass is 10.1. The fraction of sp³-hybridized carbons (Fsp3) is 0.700. The second-order valence-electron chi connectivity index (χ2n) is 5.28. The summed E-state index contributed by atoms with van der Waals surface area (Å²) in [5.41, 5.74) is 10.7. The highest BCUT2D eigenvalue weighted by molar-refractivity contribution is 7.51. The maximum absolute atomic E-state index is 11.1. The second-order valence-corrected chi connectivity index (χ2v) is 7.06. The van der Waals surface area contributed by atoms with E-state index in [1.165, 1.54) is 4.68 Å². The predicted molar refractivity (Wildman–Crippen MR) is 72.2 cm³/mol. The number of rotatable bonds is 5. The first kappa shape index (κ1) is 15.9. The summed E-state index contributed by atoms with van der Waals surface area (Å²) in [7, 11) is -4.05. The van der Waals surface area contributed by atoms with E-state index in [1.807, 2.05) is 0 Å². The highest BCUT2D eigenvalue weighted by Crippen LogP contribution is 2.42. The van der Waals surface area contributed by atoms with Crippen molar-refractivity contribution in [2.24, 2.45) is 11.7 Å². The monoisotopic (exact) mass is 319 g/mol. The van der Waals surface area contributed by atoms with Gasteiger partial charge in [-0.2, -0.15) is 0 Å². The number of carbonyl (C=O) groups is 1. The molecule has 1 aromatic heterocycles. The Labute approximate surface area is 120 Å². The van der Waals surface area contributed by atoms with Gasteiger partial charge in [-0.1, -0.05) is 5.21 Å². The van der Waals surface area contributed by atoms with Gasteiger partial charge in [0.2, 0.25) is 0 Å². The van der Waals surface area contributed by atoms with Crippen LogP contribution in [0.4, 0.5) is 5.82 Å². The summed E-state index contributed by atoms with van der Waals surface area (Å²) in [4.78, 5) is 28.9. The van der Waals surface area contributed by atoms with Crippen LogP contribution >= 0.6 is 7.60 Å². The van der Waals surface area contributed by atoms with Crippen molar-refractivity contribution in [3.05, 3.63) is 5.69 Å². The topological polar surface area (TPSA) is 178 Å². The number of carbonyl (C=O) groups excluding carboxylic acids is 1. The Morgan fingerprint density at radius 1 is 1.43 bits per heavy atom. The highest BCUT2D eigenvalue weighted by atomic mass is 31.2. The normalized spacial score (nSPS) is 26.1. The van der Waals surface area contributed by atoms with Gasteiger partial charge < -0.3 is 26.4 Å². The highest BCUT2D eigenvalue weighted by Gasteiger charge is 2.37. The van der Waals surface area contributed by atoms with Gasteiger partial charge in [-0.15, -0.1) is 5.10 Å². The number of amides is 1. The number of nitrogen functional groups attached to an aromatic ring is 1. The van der Waals surface area contributed by atoms with Gasteiger partial charge in [-0.05, 0) is 25.2 Å². The Morgan fingerprint density at radius 3 is 2.62 bits per heavy atom. The van der Waals surface area contributed by atoms with Crippen LogP contribution in [0.2, 0.25) is 0 Å². The molecule has 0 aliphatic heterocycles. The number of aliphatic hydroxyl groups excluding tert-OH is 1. The number of hydrogen-bond acceptors (Lipinski definition) is 6. The molecule has 11 heteroatoms. The average molecular weight is 319 g/mol. The van der Waals surface area contributed by atoms with E-state index in [-0.39, 0.29) is 23.6 Å². The average Bonchev–Trinajstić information content (AvgIpc) is 2.89. The molecule has 1 amide bonds. The van der Waals surface area contributed by atoms with Crippen LogP contribution in [0.25, 0.3) is 0 Å². The number of hydrogen-bond donors (Lipinski definition) is 5. The first-order chi connectivity index (χ1) is 9.69. The Kier molecular flexibility index (Phi) is 4.33. The third-order valence-electron chi connectivity index (χ3n) is 3.70. The Bertz CT molecular complexity index is 584. The van der Waals surface area contributed by atoms with Gasteiger partial charge in [0.05, 0.1) is 18.3 Å². The Morgan fingerprint density at radius 2 is 2.10 bits per heavy atom. The van der Waals surface area contributed by atoms with E-state index >= 15 is 0 Å². The van der Waals surface area contributed by atoms with Gasteiger partial charge in [0.25, 0.3) is 5.91 Å². The third-order valence-corrected chi connectivity index (χ3v) is 4.54. The fourth-order valence-corrected chi connectivity index (χ4v) is 3.37. The second kappa shape index (κ2) is 5.72. The molecule has 3 atom stereocenters. The minimum absolute atomic E-state index is 0.0119. The van der Waals surface area contributed by atoms with E-state index in [2.05, 4.69) is 10.3 Å². The largest absolute Gasteiger partial charge is 0.391 e. The molecular formula is C10H18N5O5P. The zero-order valence-electron chi connectivity index (χ0n) is 11.2. The van der Waals surface area contributed by atoms with Crippen LogP contribution in [0.1, 0.15) is 35.8 Å². The van der Waals surface area contributed by atoms with E-state index in [1.54, 1.807) is 0 Å². The maximum atomic E-state index is 11.1. The van der Waals surface area contributed by atoms with Crippen molar-refractivity contribution in [3.63, 3.8) is 0 Å². The summed E-state index contributed by atoms with van der Waals surface area (Å²) < 4.78 is 12.1. The van der Waals surface area contributed by atoms with Crippen molar-refractivity contribution in [1.29, 1.82) is 0 Å². The molecule has 7 N–H and O–H groups in total. The SMILES string of the molecule is NC(=O)c1nnn(C2CC(CCP(=O)(O)O)CC2O)c1N. The molecule has 2 rings (SSSR count). The van der Waals surface area contributed by atoms with Crippen molar-refractivity contribution in [1.82, 2.24) is 15.0 Å². The van der Waals surface area contributed by atoms with Gasteiger partial charge in [0, 0.05) is 0 Å². The van der Waals surface area contributed by atoms with Crippen molar-refractivity contribution < 1.29 is 24.3 Å². The van der Waals surface area contributed by atoms with Crippen LogP contribution in [-0.2, 0) is 4.57 Å². The molecule has 10 nitrogen and oxygen atoms in total. The van der Waals surface area contributed by atoms with Crippen LogP contribution in [0, 0.1) is 5.92 Å². The molecule has 118 valence electrons. The molecule has 21 heavy (non-hydrogen) atoms. The zero-order valence-corrected chi connectivity index (χ0v) is 12.1. The standard InChI is InChI=1S/C10H18N5O5P/c11-9-8(10(12)17)13-14-15(9)6-3-5(4-7(6)16)1-2-21(18,19)20/h5-7,16H,1-4,11H2,(H2,12,17)(H2,18,19,20). The molecule has 0 aromatic carbocycles. The zero-order chi connectivity index (χ0) is 15.8. The predicted octanol–water partition coefficient (Wildman–Crippen LogP) is -1.16. The minimum atomic E-state index is -4.05. The van der Waals surface area contributed by atoms with E-state index in [9.17, 15) is 14.5 Å². The summed E-state index contributed by atoms with van der Waals surface area (Å²) in [6, 6.07) is -0.479. The lowest BCUT2D eigenvalue weighted by molar-refractivity contribution is 0.0996. The molecule has 0 spiro atoms. The van der Waals surface area contributed by atoms with Crippen LogP contribution in [0.3, 0.4) is 0 Å². The summed E-state index contributed by atoms with van der Waals surface area (Å²) >= 11 is 0. The van der Waals surface area contributed by atoms with Gasteiger partial charge in [0.15, 0.2) is 11.5 Å². The van der Waals surface area contributed by atoms with Crippen molar-refractivity contribution in [3.8, 4) is 0 Å². The summed E-state index contributed by atoms with van der Waals surface area (Å²) in [5, 5.41) is 17.4. The Balaban J connectivity index is 2.08. The molecule has 1 aromatic rings. The minimum Gasteiger partial charge on any atom is -0.391 e. The first-order valence-electron chi connectivity index (χ1n) is 6.42. The van der Waals surface area contributed by atoms with Crippen LogP contribution in [-0.4, -0.2) is 48.1 Å². The van der Waals surface area contributed by atoms with Gasteiger partial charge in [0.1, 0.15) is 0 Å². The van der Waals surface area contributed by atoms with E-state index in [4.69, 9.17) is 21.3 Å². The van der Waals surface area contributed by atoms with Gasteiger partial charge in [-0.25, -0.2) is 4.68 Å². The molecule has 1 fully saturated rings. The summed E-state index contributed by atoms with van der Waals surface area (Å²) in [6.07, 6.45) is 0.144. The molecule has 0 radical (unpaired) electrons. The van der Waals surface area contributed by atoms with E-state index in [0.717, 1.165) is 0 Å². The fourth-order valence-electron chi connectivity index (χ4n) is 2.66. The van der Waals surface area contributed by atoms with Crippen LogP contribution in [0.15, 0.2) is 0 Å².